The van der Waals surface area contributed by atoms with Gasteiger partial charge in [0.15, 0.2) is 0 Å². The third-order valence-electron chi connectivity index (χ3n) is 3.72. The van der Waals surface area contributed by atoms with Gasteiger partial charge in [0.2, 0.25) is 0 Å². The molecule has 0 saturated heterocycles. The molecule has 3 heteroatoms. The maximum atomic E-state index is 6.46. The molecule has 0 atom stereocenters. The fraction of sp³-hybridized carbons (Fsp3) is 0. The smallest absolute Gasteiger partial charge is 0.0556 e. The van der Waals surface area contributed by atoms with Crippen molar-refractivity contribution < 1.29 is 0 Å². The fourth-order valence-electron chi connectivity index (χ4n) is 2.85. The number of rotatable bonds is 1. The SMILES string of the molecule is Clc1cccc2c1c1cc(Br)ccc1n2-c1ccccc1. The summed E-state index contributed by atoms with van der Waals surface area (Å²) in [6.45, 7) is 0. The van der Waals surface area contributed by atoms with Gasteiger partial charge >= 0.3 is 0 Å². The van der Waals surface area contributed by atoms with Gasteiger partial charge in [-0.15, -0.1) is 0 Å². The van der Waals surface area contributed by atoms with Crippen molar-refractivity contribution in [3.05, 3.63) is 76.2 Å². The lowest BCUT2D eigenvalue weighted by molar-refractivity contribution is 1.18. The Bertz CT molecular complexity index is 957. The lowest BCUT2D eigenvalue weighted by atomic mass is 10.1. The van der Waals surface area contributed by atoms with Gasteiger partial charge in [-0.25, -0.2) is 0 Å². The summed E-state index contributed by atoms with van der Waals surface area (Å²) in [7, 11) is 0. The third-order valence-corrected chi connectivity index (χ3v) is 4.52. The Morgan fingerprint density at radius 3 is 2.43 bits per heavy atom. The molecule has 1 heterocycles. The van der Waals surface area contributed by atoms with Gasteiger partial charge in [-0.2, -0.15) is 0 Å². The van der Waals surface area contributed by atoms with Gasteiger partial charge in [-0.05, 0) is 42.5 Å². The Labute approximate surface area is 135 Å². The van der Waals surface area contributed by atoms with E-state index in [0.717, 1.165) is 37.0 Å². The highest BCUT2D eigenvalue weighted by atomic mass is 79.9. The van der Waals surface area contributed by atoms with Crippen molar-refractivity contribution in [1.82, 2.24) is 4.57 Å². The van der Waals surface area contributed by atoms with Crippen molar-refractivity contribution in [1.29, 1.82) is 0 Å². The molecule has 0 fully saturated rings. The Balaban J connectivity index is 2.26. The highest BCUT2D eigenvalue weighted by molar-refractivity contribution is 9.10. The van der Waals surface area contributed by atoms with Crippen LogP contribution >= 0.6 is 27.5 Å². The number of hydrogen-bond donors (Lipinski definition) is 0. The number of hydrogen-bond acceptors (Lipinski definition) is 0. The van der Waals surface area contributed by atoms with Crippen LogP contribution in [-0.4, -0.2) is 4.57 Å². The predicted molar refractivity (Wildman–Crippen MR) is 93.5 cm³/mol. The quantitative estimate of drug-likeness (QED) is 0.382. The zero-order valence-electron chi connectivity index (χ0n) is 11.1. The first-order valence-corrected chi connectivity index (χ1v) is 7.86. The highest BCUT2D eigenvalue weighted by Crippen LogP contribution is 2.37. The molecule has 0 radical (unpaired) electrons. The largest absolute Gasteiger partial charge is 0.309 e. The molecular formula is C18H11BrClN. The van der Waals surface area contributed by atoms with Crippen LogP contribution in [0.5, 0.6) is 0 Å². The molecule has 0 unspecified atom stereocenters. The molecule has 0 saturated carbocycles. The molecule has 0 aliphatic rings. The zero-order valence-corrected chi connectivity index (χ0v) is 13.4. The Kier molecular flexibility index (Phi) is 3.02. The molecule has 0 spiro atoms. The van der Waals surface area contributed by atoms with E-state index in [1.807, 2.05) is 18.2 Å². The summed E-state index contributed by atoms with van der Waals surface area (Å²) in [4.78, 5) is 0. The van der Waals surface area contributed by atoms with Gasteiger partial charge in [0.05, 0.1) is 16.1 Å². The van der Waals surface area contributed by atoms with Gasteiger partial charge in [-0.3, -0.25) is 0 Å². The standard InChI is InChI=1S/C18H11BrClN/c19-12-9-10-16-14(11-12)18-15(20)7-4-8-17(18)21(16)13-5-2-1-3-6-13/h1-11H. The third kappa shape index (κ3) is 1.98. The number of nitrogens with zero attached hydrogens (tertiary/aromatic N) is 1. The van der Waals surface area contributed by atoms with E-state index in [9.17, 15) is 0 Å². The molecule has 1 aromatic heterocycles. The second-order valence-electron chi connectivity index (χ2n) is 4.97. The molecule has 1 nitrogen and oxygen atoms in total. The van der Waals surface area contributed by atoms with Gasteiger partial charge in [0.25, 0.3) is 0 Å². The maximum Gasteiger partial charge on any atom is 0.0556 e. The van der Waals surface area contributed by atoms with Crippen molar-refractivity contribution in [2.75, 3.05) is 0 Å². The Hall–Kier alpha value is -1.77. The molecule has 4 aromatic rings. The van der Waals surface area contributed by atoms with Crippen LogP contribution in [-0.2, 0) is 0 Å². The first-order chi connectivity index (χ1) is 10.3. The van der Waals surface area contributed by atoms with Crippen LogP contribution < -0.4 is 0 Å². The number of halogens is 2. The summed E-state index contributed by atoms with van der Waals surface area (Å²) < 4.78 is 3.31. The number of aromatic nitrogens is 1. The molecule has 0 amide bonds. The molecule has 0 N–H and O–H groups in total. The van der Waals surface area contributed by atoms with E-state index in [1.165, 1.54) is 0 Å². The van der Waals surface area contributed by atoms with Crippen molar-refractivity contribution in [3.63, 3.8) is 0 Å². The van der Waals surface area contributed by atoms with E-state index in [0.29, 0.717) is 0 Å². The van der Waals surface area contributed by atoms with Crippen LogP contribution in [0.1, 0.15) is 0 Å². The topological polar surface area (TPSA) is 4.93 Å². The highest BCUT2D eigenvalue weighted by Gasteiger charge is 2.14. The summed E-state index contributed by atoms with van der Waals surface area (Å²) in [6.07, 6.45) is 0. The predicted octanol–water partition coefficient (Wildman–Crippen LogP) is 6.20. The van der Waals surface area contributed by atoms with Crippen LogP contribution in [0.3, 0.4) is 0 Å². The van der Waals surface area contributed by atoms with Gasteiger partial charge in [-0.1, -0.05) is 51.8 Å². The van der Waals surface area contributed by atoms with E-state index in [-0.39, 0.29) is 0 Å². The molecule has 102 valence electrons. The summed E-state index contributed by atoms with van der Waals surface area (Å²) in [6, 6.07) is 22.7. The minimum Gasteiger partial charge on any atom is -0.309 e. The van der Waals surface area contributed by atoms with Crippen molar-refractivity contribution in [2.24, 2.45) is 0 Å². The normalized spacial score (nSPS) is 11.3. The van der Waals surface area contributed by atoms with Crippen LogP contribution in [0.4, 0.5) is 0 Å². The Morgan fingerprint density at radius 1 is 0.810 bits per heavy atom. The fourth-order valence-corrected chi connectivity index (χ4v) is 3.49. The van der Waals surface area contributed by atoms with E-state index in [1.54, 1.807) is 0 Å². The maximum absolute atomic E-state index is 6.46. The Morgan fingerprint density at radius 2 is 1.62 bits per heavy atom. The van der Waals surface area contributed by atoms with Crippen LogP contribution in [0, 0.1) is 0 Å². The molecule has 4 rings (SSSR count). The van der Waals surface area contributed by atoms with Gasteiger partial charge in [0, 0.05) is 20.9 Å². The number of fused-ring (bicyclic) bond motifs is 3. The summed E-state index contributed by atoms with van der Waals surface area (Å²) in [5.41, 5.74) is 3.43. The summed E-state index contributed by atoms with van der Waals surface area (Å²) >= 11 is 10.0. The monoisotopic (exact) mass is 355 g/mol. The number of benzene rings is 3. The molecular weight excluding hydrogens is 346 g/mol. The van der Waals surface area contributed by atoms with E-state index < -0.39 is 0 Å². The molecule has 21 heavy (non-hydrogen) atoms. The lowest BCUT2D eigenvalue weighted by Gasteiger charge is -2.07. The van der Waals surface area contributed by atoms with Crippen molar-refractivity contribution in [2.45, 2.75) is 0 Å². The van der Waals surface area contributed by atoms with Gasteiger partial charge < -0.3 is 4.57 Å². The first kappa shape index (κ1) is 12.9. The summed E-state index contributed by atoms with van der Waals surface area (Å²) in [5.74, 6) is 0. The average Bonchev–Trinajstić information content (AvgIpc) is 2.83. The van der Waals surface area contributed by atoms with Crippen molar-refractivity contribution >= 4 is 49.3 Å². The van der Waals surface area contributed by atoms with Crippen molar-refractivity contribution in [3.8, 4) is 5.69 Å². The first-order valence-electron chi connectivity index (χ1n) is 6.69. The lowest BCUT2D eigenvalue weighted by Crippen LogP contribution is -1.92. The zero-order chi connectivity index (χ0) is 14.4. The molecule has 0 bridgehead atoms. The van der Waals surface area contributed by atoms with E-state index in [4.69, 9.17) is 11.6 Å². The minimum atomic E-state index is 0.783. The summed E-state index contributed by atoms with van der Waals surface area (Å²) in [5, 5.41) is 3.04. The van der Waals surface area contributed by atoms with Crippen LogP contribution in [0.25, 0.3) is 27.5 Å². The van der Waals surface area contributed by atoms with Crippen LogP contribution in [0.2, 0.25) is 5.02 Å². The van der Waals surface area contributed by atoms with E-state index >= 15 is 0 Å². The van der Waals surface area contributed by atoms with Gasteiger partial charge in [0.1, 0.15) is 0 Å². The second-order valence-corrected chi connectivity index (χ2v) is 6.29. The number of para-hydroxylation sites is 1. The molecule has 3 aromatic carbocycles. The second kappa shape index (κ2) is 4.90. The average molecular weight is 357 g/mol. The minimum absolute atomic E-state index is 0.783. The van der Waals surface area contributed by atoms with Crippen LogP contribution in [0.15, 0.2) is 71.2 Å². The molecule has 0 aliphatic carbocycles. The van der Waals surface area contributed by atoms with E-state index in [2.05, 4.69) is 69.0 Å². The molecule has 0 aliphatic heterocycles.